The second kappa shape index (κ2) is 4.22. The molecule has 0 aliphatic rings. The number of rotatable bonds is 1. The SMILES string of the molecule is COC(=O)c1c(C)nc2ccc(O)cc2c1Cl. The van der Waals surface area contributed by atoms with Gasteiger partial charge in [0.2, 0.25) is 0 Å². The van der Waals surface area contributed by atoms with Crippen LogP contribution in [0.5, 0.6) is 5.75 Å². The molecule has 1 aromatic carbocycles. The van der Waals surface area contributed by atoms with Crippen LogP contribution in [-0.4, -0.2) is 23.2 Å². The zero-order valence-corrected chi connectivity index (χ0v) is 10.1. The maximum Gasteiger partial charge on any atom is 0.341 e. The molecule has 0 saturated heterocycles. The van der Waals surface area contributed by atoms with E-state index in [0.717, 1.165) is 0 Å². The monoisotopic (exact) mass is 251 g/mol. The Hall–Kier alpha value is -1.81. The summed E-state index contributed by atoms with van der Waals surface area (Å²) in [6.45, 7) is 1.68. The van der Waals surface area contributed by atoms with E-state index >= 15 is 0 Å². The number of phenolic OH excluding ortho intramolecular Hbond substituents is 1. The third kappa shape index (κ3) is 1.91. The van der Waals surface area contributed by atoms with Gasteiger partial charge in [0.05, 0.1) is 23.3 Å². The molecule has 0 radical (unpaired) electrons. The van der Waals surface area contributed by atoms with Crippen LogP contribution in [0.15, 0.2) is 18.2 Å². The lowest BCUT2D eigenvalue weighted by atomic mass is 10.1. The number of benzene rings is 1. The van der Waals surface area contributed by atoms with E-state index in [1.807, 2.05) is 0 Å². The first-order chi connectivity index (χ1) is 8.04. The lowest BCUT2D eigenvalue weighted by Gasteiger charge is -2.09. The normalized spacial score (nSPS) is 10.5. The minimum Gasteiger partial charge on any atom is -0.508 e. The van der Waals surface area contributed by atoms with E-state index in [9.17, 15) is 9.90 Å². The van der Waals surface area contributed by atoms with Gasteiger partial charge < -0.3 is 9.84 Å². The number of halogens is 1. The molecular formula is C12H10ClNO3. The predicted molar refractivity (Wildman–Crippen MR) is 64.5 cm³/mol. The molecule has 88 valence electrons. The van der Waals surface area contributed by atoms with Gasteiger partial charge in [-0.3, -0.25) is 4.98 Å². The van der Waals surface area contributed by atoms with Gasteiger partial charge >= 0.3 is 5.97 Å². The minimum atomic E-state index is -0.537. The van der Waals surface area contributed by atoms with Crippen molar-refractivity contribution >= 4 is 28.5 Å². The predicted octanol–water partition coefficient (Wildman–Crippen LogP) is 2.69. The summed E-state index contributed by atoms with van der Waals surface area (Å²) >= 11 is 6.14. The molecule has 2 rings (SSSR count). The molecule has 2 aromatic rings. The topological polar surface area (TPSA) is 59.4 Å². The molecule has 1 heterocycles. The van der Waals surface area contributed by atoms with Crippen molar-refractivity contribution in [1.29, 1.82) is 0 Å². The van der Waals surface area contributed by atoms with Gasteiger partial charge in [0.15, 0.2) is 0 Å². The van der Waals surface area contributed by atoms with Gasteiger partial charge in [-0.1, -0.05) is 11.6 Å². The fourth-order valence-corrected chi connectivity index (χ4v) is 2.03. The Morgan fingerprint density at radius 3 is 2.82 bits per heavy atom. The first-order valence-electron chi connectivity index (χ1n) is 4.91. The van der Waals surface area contributed by atoms with Crippen molar-refractivity contribution in [3.63, 3.8) is 0 Å². The van der Waals surface area contributed by atoms with E-state index in [-0.39, 0.29) is 16.3 Å². The average molecular weight is 252 g/mol. The van der Waals surface area contributed by atoms with Crippen LogP contribution in [-0.2, 0) is 4.74 Å². The summed E-state index contributed by atoms with van der Waals surface area (Å²) in [5.74, 6) is -0.467. The smallest absolute Gasteiger partial charge is 0.341 e. The molecule has 1 aromatic heterocycles. The van der Waals surface area contributed by atoms with Crippen LogP contribution in [0.2, 0.25) is 5.02 Å². The van der Waals surface area contributed by atoms with Crippen molar-refractivity contribution in [1.82, 2.24) is 4.98 Å². The summed E-state index contributed by atoms with van der Waals surface area (Å²) in [6, 6.07) is 4.63. The number of phenols is 1. The maximum absolute atomic E-state index is 11.6. The summed E-state index contributed by atoms with van der Waals surface area (Å²) in [7, 11) is 1.28. The van der Waals surface area contributed by atoms with Crippen LogP contribution < -0.4 is 0 Å². The molecule has 0 aliphatic heterocycles. The fourth-order valence-electron chi connectivity index (χ4n) is 1.67. The summed E-state index contributed by atoms with van der Waals surface area (Å²) < 4.78 is 4.65. The molecule has 0 unspecified atom stereocenters. The highest BCUT2D eigenvalue weighted by Crippen LogP contribution is 2.30. The minimum absolute atomic E-state index is 0.0702. The summed E-state index contributed by atoms with van der Waals surface area (Å²) in [5, 5.41) is 10.2. The molecule has 0 spiro atoms. The molecule has 0 aliphatic carbocycles. The van der Waals surface area contributed by atoms with Crippen LogP contribution in [0.3, 0.4) is 0 Å². The Kier molecular flexibility index (Phi) is 2.90. The molecule has 0 fully saturated rings. The quantitative estimate of drug-likeness (QED) is 0.792. The first-order valence-corrected chi connectivity index (χ1v) is 5.29. The number of aromatic nitrogens is 1. The highest BCUT2D eigenvalue weighted by molar-refractivity contribution is 6.38. The number of pyridine rings is 1. The van der Waals surface area contributed by atoms with Crippen LogP contribution >= 0.6 is 11.6 Å². The van der Waals surface area contributed by atoms with Gasteiger partial charge in [-0.15, -0.1) is 0 Å². The third-order valence-corrected chi connectivity index (χ3v) is 2.87. The third-order valence-electron chi connectivity index (χ3n) is 2.48. The van der Waals surface area contributed by atoms with E-state index < -0.39 is 5.97 Å². The fraction of sp³-hybridized carbons (Fsp3) is 0.167. The van der Waals surface area contributed by atoms with Gasteiger partial charge in [-0.25, -0.2) is 4.79 Å². The summed E-state index contributed by atoms with van der Waals surface area (Å²) in [5.41, 5.74) is 1.35. The molecule has 17 heavy (non-hydrogen) atoms. The number of carbonyl (C=O) groups is 1. The second-order valence-electron chi connectivity index (χ2n) is 3.58. The van der Waals surface area contributed by atoms with Crippen molar-refractivity contribution in [2.45, 2.75) is 6.92 Å². The Bertz CT molecular complexity index is 610. The van der Waals surface area contributed by atoms with Crippen LogP contribution in [0, 0.1) is 6.92 Å². The van der Waals surface area contributed by atoms with Gasteiger partial charge in [-0.2, -0.15) is 0 Å². The van der Waals surface area contributed by atoms with E-state index in [1.54, 1.807) is 13.0 Å². The number of nitrogens with zero attached hydrogens (tertiary/aromatic N) is 1. The Balaban J connectivity index is 2.82. The molecule has 1 N–H and O–H groups in total. The molecule has 0 saturated carbocycles. The van der Waals surface area contributed by atoms with Gasteiger partial charge in [-0.05, 0) is 25.1 Å². The second-order valence-corrected chi connectivity index (χ2v) is 3.96. The summed E-state index contributed by atoms with van der Waals surface area (Å²) in [4.78, 5) is 15.8. The standard InChI is InChI=1S/C12H10ClNO3/c1-6-10(12(16)17-2)11(13)8-5-7(15)3-4-9(8)14-6/h3-5,15H,1-2H3. The van der Waals surface area contributed by atoms with Crippen molar-refractivity contribution in [3.8, 4) is 5.75 Å². The Morgan fingerprint density at radius 2 is 2.18 bits per heavy atom. The number of ether oxygens (including phenoxy) is 1. The van der Waals surface area contributed by atoms with Crippen LogP contribution in [0.1, 0.15) is 16.1 Å². The van der Waals surface area contributed by atoms with E-state index in [4.69, 9.17) is 11.6 Å². The van der Waals surface area contributed by atoms with E-state index in [1.165, 1.54) is 19.2 Å². The molecule has 0 amide bonds. The van der Waals surface area contributed by atoms with Crippen LogP contribution in [0.4, 0.5) is 0 Å². The lowest BCUT2D eigenvalue weighted by Crippen LogP contribution is -2.06. The number of fused-ring (bicyclic) bond motifs is 1. The number of aryl methyl sites for hydroxylation is 1. The van der Waals surface area contributed by atoms with Gasteiger partial charge in [0.25, 0.3) is 0 Å². The highest BCUT2D eigenvalue weighted by atomic mass is 35.5. The summed E-state index contributed by atoms with van der Waals surface area (Å²) in [6.07, 6.45) is 0. The number of hydrogen-bond acceptors (Lipinski definition) is 4. The number of aromatic hydroxyl groups is 1. The molecule has 5 heteroatoms. The van der Waals surface area contributed by atoms with Gasteiger partial charge in [0.1, 0.15) is 11.3 Å². The zero-order valence-electron chi connectivity index (χ0n) is 9.32. The molecule has 0 atom stereocenters. The lowest BCUT2D eigenvalue weighted by molar-refractivity contribution is 0.0600. The average Bonchev–Trinajstić information content (AvgIpc) is 2.30. The van der Waals surface area contributed by atoms with Gasteiger partial charge in [0, 0.05) is 5.39 Å². The largest absolute Gasteiger partial charge is 0.508 e. The number of carbonyl (C=O) groups excluding carboxylic acids is 1. The first kappa shape index (κ1) is 11.7. The molecule has 0 bridgehead atoms. The van der Waals surface area contributed by atoms with Crippen molar-refractivity contribution in [2.24, 2.45) is 0 Å². The number of hydrogen-bond donors (Lipinski definition) is 1. The number of esters is 1. The Labute approximate surface area is 103 Å². The van der Waals surface area contributed by atoms with Crippen molar-refractivity contribution in [3.05, 3.63) is 34.5 Å². The number of methoxy groups -OCH3 is 1. The van der Waals surface area contributed by atoms with Crippen molar-refractivity contribution in [2.75, 3.05) is 7.11 Å². The van der Waals surface area contributed by atoms with Crippen LogP contribution in [0.25, 0.3) is 10.9 Å². The zero-order chi connectivity index (χ0) is 12.6. The van der Waals surface area contributed by atoms with Crippen molar-refractivity contribution < 1.29 is 14.6 Å². The molecular weight excluding hydrogens is 242 g/mol. The maximum atomic E-state index is 11.6. The molecule has 4 nitrogen and oxygen atoms in total. The van der Waals surface area contributed by atoms with E-state index in [0.29, 0.717) is 16.6 Å². The Morgan fingerprint density at radius 1 is 1.47 bits per heavy atom. The highest BCUT2D eigenvalue weighted by Gasteiger charge is 2.18. The van der Waals surface area contributed by atoms with E-state index in [2.05, 4.69) is 9.72 Å².